The summed E-state index contributed by atoms with van der Waals surface area (Å²) in [5.41, 5.74) is 7.60. The van der Waals surface area contributed by atoms with Crippen molar-refractivity contribution in [1.82, 2.24) is 10.7 Å². The van der Waals surface area contributed by atoms with Crippen molar-refractivity contribution in [2.45, 2.75) is 20.8 Å². The van der Waals surface area contributed by atoms with Gasteiger partial charge in [0.2, 0.25) is 0 Å². The molecule has 104 valence electrons. The second-order valence-corrected chi connectivity index (χ2v) is 4.84. The van der Waals surface area contributed by atoms with Gasteiger partial charge in [-0.2, -0.15) is 5.10 Å². The van der Waals surface area contributed by atoms with Gasteiger partial charge in [0.25, 0.3) is 0 Å². The number of hydrazone groups is 1. The molecule has 0 aliphatic rings. The van der Waals surface area contributed by atoms with Crippen molar-refractivity contribution in [2.24, 2.45) is 5.10 Å². The topological polar surface area (TPSA) is 45.6 Å². The van der Waals surface area contributed by atoms with Gasteiger partial charge in [0.1, 0.15) is 0 Å². The fourth-order valence-electron chi connectivity index (χ4n) is 1.86. The number of aryl methyl sites for hydroxylation is 3. The van der Waals surface area contributed by atoms with E-state index in [2.05, 4.69) is 48.7 Å². The van der Waals surface area contributed by atoms with Crippen molar-refractivity contribution in [3.63, 3.8) is 0 Å². The van der Waals surface area contributed by atoms with Crippen LogP contribution in [0.15, 0.2) is 17.2 Å². The third-order valence-electron chi connectivity index (χ3n) is 2.69. The zero-order valence-electron chi connectivity index (χ0n) is 11.9. The Labute approximate surface area is 120 Å². The van der Waals surface area contributed by atoms with Crippen molar-refractivity contribution >= 4 is 23.5 Å². The summed E-state index contributed by atoms with van der Waals surface area (Å²) in [7, 11) is 1.65. The molecule has 1 rings (SSSR count). The van der Waals surface area contributed by atoms with E-state index in [1.54, 1.807) is 13.3 Å². The summed E-state index contributed by atoms with van der Waals surface area (Å²) in [4.78, 5) is 0. The van der Waals surface area contributed by atoms with Crippen LogP contribution in [0.2, 0.25) is 0 Å². The normalized spacial score (nSPS) is 10.7. The zero-order chi connectivity index (χ0) is 14.3. The highest BCUT2D eigenvalue weighted by atomic mass is 32.1. The third-order valence-corrected chi connectivity index (χ3v) is 2.93. The van der Waals surface area contributed by atoms with Crippen molar-refractivity contribution in [3.8, 4) is 0 Å². The van der Waals surface area contributed by atoms with Gasteiger partial charge in [0.15, 0.2) is 5.11 Å². The lowest BCUT2D eigenvalue weighted by Gasteiger charge is -2.08. The molecule has 0 saturated carbocycles. The van der Waals surface area contributed by atoms with E-state index in [0.717, 1.165) is 5.56 Å². The van der Waals surface area contributed by atoms with Gasteiger partial charge in [-0.3, -0.25) is 5.43 Å². The molecule has 1 aromatic rings. The van der Waals surface area contributed by atoms with E-state index in [1.807, 2.05) is 0 Å². The minimum absolute atomic E-state index is 0.496. The molecule has 0 spiro atoms. The van der Waals surface area contributed by atoms with E-state index in [0.29, 0.717) is 18.3 Å². The molecular formula is C14H21N3OS. The van der Waals surface area contributed by atoms with Gasteiger partial charge in [-0.05, 0) is 44.1 Å². The monoisotopic (exact) mass is 279 g/mol. The molecule has 0 aromatic heterocycles. The number of hydrogen-bond donors (Lipinski definition) is 2. The maximum Gasteiger partial charge on any atom is 0.187 e. The van der Waals surface area contributed by atoms with Gasteiger partial charge < -0.3 is 10.1 Å². The van der Waals surface area contributed by atoms with Crippen LogP contribution in [-0.2, 0) is 4.74 Å². The predicted molar refractivity (Wildman–Crippen MR) is 83.9 cm³/mol. The Morgan fingerprint density at radius 2 is 1.95 bits per heavy atom. The summed E-state index contributed by atoms with van der Waals surface area (Å²) >= 11 is 5.08. The van der Waals surface area contributed by atoms with Gasteiger partial charge in [-0.25, -0.2) is 0 Å². The Bertz CT molecular complexity index is 449. The van der Waals surface area contributed by atoms with E-state index in [9.17, 15) is 0 Å². The number of nitrogens with zero attached hydrogens (tertiary/aromatic N) is 1. The summed E-state index contributed by atoms with van der Waals surface area (Å²) < 4.78 is 4.92. The highest BCUT2D eigenvalue weighted by molar-refractivity contribution is 7.80. The summed E-state index contributed by atoms with van der Waals surface area (Å²) in [6, 6.07) is 4.28. The molecule has 0 fully saturated rings. The Balaban J connectivity index is 2.55. The number of ether oxygens (including phenoxy) is 1. The second kappa shape index (κ2) is 7.86. The highest BCUT2D eigenvalue weighted by Crippen LogP contribution is 2.13. The maximum atomic E-state index is 5.08. The molecule has 1 aromatic carbocycles. The summed E-state index contributed by atoms with van der Waals surface area (Å²) in [5, 5.41) is 7.64. The zero-order valence-corrected chi connectivity index (χ0v) is 12.7. The van der Waals surface area contributed by atoms with Gasteiger partial charge in [0, 0.05) is 19.2 Å². The molecule has 2 N–H and O–H groups in total. The number of benzene rings is 1. The van der Waals surface area contributed by atoms with E-state index >= 15 is 0 Å². The molecule has 0 amide bonds. The van der Waals surface area contributed by atoms with Gasteiger partial charge in [-0.15, -0.1) is 0 Å². The summed E-state index contributed by atoms with van der Waals surface area (Å²) in [6.45, 7) is 7.53. The van der Waals surface area contributed by atoms with E-state index < -0.39 is 0 Å². The van der Waals surface area contributed by atoms with E-state index in [4.69, 9.17) is 17.0 Å². The SMILES string of the molecule is COCCNC(=S)N/N=C/c1c(C)cc(C)cc1C. The Morgan fingerprint density at radius 3 is 2.53 bits per heavy atom. The van der Waals surface area contributed by atoms with Crippen LogP contribution < -0.4 is 10.7 Å². The lowest BCUT2D eigenvalue weighted by Crippen LogP contribution is -2.34. The van der Waals surface area contributed by atoms with Crippen LogP contribution in [0.4, 0.5) is 0 Å². The first-order chi connectivity index (χ1) is 9.04. The van der Waals surface area contributed by atoms with Gasteiger partial charge in [0.05, 0.1) is 12.8 Å². The van der Waals surface area contributed by atoms with Crippen LogP contribution in [0.5, 0.6) is 0 Å². The molecule has 0 unspecified atom stereocenters. The molecule has 19 heavy (non-hydrogen) atoms. The average molecular weight is 279 g/mol. The smallest absolute Gasteiger partial charge is 0.187 e. The number of methoxy groups -OCH3 is 1. The standard InChI is InChI=1S/C14H21N3OS/c1-10-7-11(2)13(12(3)8-10)9-16-17-14(19)15-5-6-18-4/h7-9H,5-6H2,1-4H3,(H2,15,17,19)/b16-9+. The Kier molecular flexibility index (Phi) is 6.45. The van der Waals surface area contributed by atoms with Crippen molar-refractivity contribution in [3.05, 3.63) is 34.4 Å². The molecule has 0 saturated heterocycles. The number of nitrogens with one attached hydrogen (secondary N) is 2. The first kappa shape index (κ1) is 15.6. The van der Waals surface area contributed by atoms with Crippen LogP contribution in [0.1, 0.15) is 22.3 Å². The molecule has 0 atom stereocenters. The summed E-state index contributed by atoms with van der Waals surface area (Å²) in [5.74, 6) is 0. The number of rotatable bonds is 5. The first-order valence-corrected chi connectivity index (χ1v) is 6.59. The molecule has 0 aliphatic carbocycles. The lowest BCUT2D eigenvalue weighted by atomic mass is 10.0. The third kappa shape index (κ3) is 5.36. The molecule has 0 aliphatic heterocycles. The minimum Gasteiger partial charge on any atom is -0.383 e. The van der Waals surface area contributed by atoms with Crippen LogP contribution in [0.25, 0.3) is 0 Å². The molecule has 0 radical (unpaired) electrons. The van der Waals surface area contributed by atoms with Gasteiger partial charge in [-0.1, -0.05) is 17.7 Å². The Hall–Kier alpha value is -1.46. The number of thiocarbonyl (C=S) groups is 1. The van der Waals surface area contributed by atoms with E-state index in [1.165, 1.54) is 16.7 Å². The van der Waals surface area contributed by atoms with E-state index in [-0.39, 0.29) is 0 Å². The van der Waals surface area contributed by atoms with Crippen LogP contribution in [0, 0.1) is 20.8 Å². The molecule has 0 heterocycles. The molecular weight excluding hydrogens is 258 g/mol. The van der Waals surface area contributed by atoms with Gasteiger partial charge >= 0.3 is 0 Å². The second-order valence-electron chi connectivity index (χ2n) is 4.43. The fourth-order valence-corrected chi connectivity index (χ4v) is 2.01. The predicted octanol–water partition coefficient (Wildman–Crippen LogP) is 2.06. The van der Waals surface area contributed by atoms with Crippen LogP contribution in [0.3, 0.4) is 0 Å². The van der Waals surface area contributed by atoms with Crippen molar-refractivity contribution in [1.29, 1.82) is 0 Å². The lowest BCUT2D eigenvalue weighted by molar-refractivity contribution is 0.204. The minimum atomic E-state index is 0.496. The Morgan fingerprint density at radius 1 is 1.32 bits per heavy atom. The highest BCUT2D eigenvalue weighted by Gasteiger charge is 2.01. The molecule has 0 bridgehead atoms. The average Bonchev–Trinajstić information content (AvgIpc) is 2.32. The summed E-state index contributed by atoms with van der Waals surface area (Å²) in [6.07, 6.45) is 1.80. The number of hydrogen-bond acceptors (Lipinski definition) is 3. The molecule has 5 heteroatoms. The van der Waals surface area contributed by atoms with Crippen molar-refractivity contribution in [2.75, 3.05) is 20.3 Å². The molecule has 4 nitrogen and oxygen atoms in total. The maximum absolute atomic E-state index is 5.08. The first-order valence-electron chi connectivity index (χ1n) is 6.18. The fraction of sp³-hybridized carbons (Fsp3) is 0.429. The van der Waals surface area contributed by atoms with Crippen LogP contribution >= 0.6 is 12.2 Å². The van der Waals surface area contributed by atoms with Crippen molar-refractivity contribution < 1.29 is 4.74 Å². The van der Waals surface area contributed by atoms with Crippen LogP contribution in [-0.4, -0.2) is 31.6 Å². The largest absolute Gasteiger partial charge is 0.383 e. The quantitative estimate of drug-likeness (QED) is 0.375.